The Balaban J connectivity index is 3.06. The standard InChI is InChI=1S/C10H12N2/c1-3-5-10-7-12-8-11-6-9(10)4-2/h3-7H,2,8H2,1H3/b5-3-. The van der Waals surface area contributed by atoms with E-state index in [9.17, 15) is 0 Å². The first-order valence-electron chi connectivity index (χ1n) is 3.87. The molecular formula is C10H12N2. The maximum Gasteiger partial charge on any atom is 0.129 e. The number of nitrogens with zero attached hydrogens (tertiary/aromatic N) is 2. The van der Waals surface area contributed by atoms with E-state index in [1.165, 1.54) is 0 Å². The van der Waals surface area contributed by atoms with Crippen LogP contribution in [0.5, 0.6) is 0 Å². The average molecular weight is 160 g/mol. The van der Waals surface area contributed by atoms with Gasteiger partial charge in [-0.15, -0.1) is 0 Å². The zero-order chi connectivity index (χ0) is 8.81. The minimum absolute atomic E-state index is 0.512. The molecule has 1 rings (SSSR count). The molecule has 0 saturated heterocycles. The lowest BCUT2D eigenvalue weighted by molar-refractivity contribution is 1.09. The topological polar surface area (TPSA) is 24.7 Å². The van der Waals surface area contributed by atoms with E-state index in [0.717, 1.165) is 11.1 Å². The van der Waals surface area contributed by atoms with Crippen molar-refractivity contribution in [3.05, 3.63) is 36.0 Å². The Morgan fingerprint density at radius 1 is 1.33 bits per heavy atom. The highest BCUT2D eigenvalue weighted by Gasteiger charge is 1.96. The van der Waals surface area contributed by atoms with E-state index in [-0.39, 0.29) is 0 Å². The van der Waals surface area contributed by atoms with Gasteiger partial charge in [0, 0.05) is 23.6 Å². The van der Waals surface area contributed by atoms with Gasteiger partial charge in [0.15, 0.2) is 0 Å². The smallest absolute Gasteiger partial charge is 0.129 e. The van der Waals surface area contributed by atoms with Gasteiger partial charge in [-0.1, -0.05) is 24.8 Å². The molecule has 1 heterocycles. The summed E-state index contributed by atoms with van der Waals surface area (Å²) in [5.74, 6) is 0. The first kappa shape index (κ1) is 8.65. The molecule has 0 aliphatic carbocycles. The highest BCUT2D eigenvalue weighted by molar-refractivity contribution is 5.96. The van der Waals surface area contributed by atoms with E-state index in [4.69, 9.17) is 0 Å². The number of rotatable bonds is 2. The molecule has 1 aliphatic rings. The van der Waals surface area contributed by atoms with Crippen molar-refractivity contribution in [3.63, 3.8) is 0 Å². The van der Waals surface area contributed by atoms with Gasteiger partial charge in [-0.3, -0.25) is 9.98 Å². The number of hydrogen-bond donors (Lipinski definition) is 0. The molecular weight excluding hydrogens is 148 g/mol. The molecule has 0 bridgehead atoms. The lowest BCUT2D eigenvalue weighted by Gasteiger charge is -1.94. The van der Waals surface area contributed by atoms with Gasteiger partial charge in [-0.2, -0.15) is 0 Å². The SMILES string of the molecule is C=CC1=C(/C=C\C)C=NCN=C1. The molecule has 0 saturated carbocycles. The van der Waals surface area contributed by atoms with E-state index >= 15 is 0 Å². The Bertz CT molecular complexity index is 280. The Hall–Kier alpha value is -1.44. The zero-order valence-corrected chi connectivity index (χ0v) is 7.20. The van der Waals surface area contributed by atoms with Crippen LogP contribution in [0.15, 0.2) is 45.9 Å². The van der Waals surface area contributed by atoms with Crippen LogP contribution in [0.1, 0.15) is 6.92 Å². The zero-order valence-electron chi connectivity index (χ0n) is 7.20. The van der Waals surface area contributed by atoms with Crippen LogP contribution in [-0.4, -0.2) is 19.1 Å². The van der Waals surface area contributed by atoms with Gasteiger partial charge < -0.3 is 0 Å². The molecule has 0 aromatic rings. The molecule has 2 nitrogen and oxygen atoms in total. The predicted octanol–water partition coefficient (Wildman–Crippen LogP) is 2.16. The van der Waals surface area contributed by atoms with Crippen LogP contribution in [0.4, 0.5) is 0 Å². The maximum atomic E-state index is 4.09. The van der Waals surface area contributed by atoms with Gasteiger partial charge in [0.2, 0.25) is 0 Å². The quantitative estimate of drug-likeness (QED) is 0.591. The van der Waals surface area contributed by atoms with Crippen LogP contribution in [0.25, 0.3) is 0 Å². The van der Waals surface area contributed by atoms with Crippen molar-refractivity contribution < 1.29 is 0 Å². The lowest BCUT2D eigenvalue weighted by Crippen LogP contribution is -1.87. The van der Waals surface area contributed by atoms with Crippen LogP contribution in [-0.2, 0) is 0 Å². The first-order valence-corrected chi connectivity index (χ1v) is 3.87. The summed E-state index contributed by atoms with van der Waals surface area (Å²) in [6, 6.07) is 0. The second-order valence-corrected chi connectivity index (χ2v) is 2.38. The molecule has 0 aromatic heterocycles. The van der Waals surface area contributed by atoms with Gasteiger partial charge >= 0.3 is 0 Å². The Morgan fingerprint density at radius 3 is 2.58 bits per heavy atom. The van der Waals surface area contributed by atoms with Crippen LogP contribution in [0.3, 0.4) is 0 Å². The highest BCUT2D eigenvalue weighted by atomic mass is 14.9. The number of hydrogen-bond acceptors (Lipinski definition) is 2. The summed E-state index contributed by atoms with van der Waals surface area (Å²) >= 11 is 0. The fourth-order valence-corrected chi connectivity index (χ4v) is 0.964. The molecule has 0 fully saturated rings. The summed E-state index contributed by atoms with van der Waals surface area (Å²) in [5.41, 5.74) is 2.09. The maximum absolute atomic E-state index is 4.09. The van der Waals surface area contributed by atoms with E-state index in [1.807, 2.05) is 25.3 Å². The minimum atomic E-state index is 0.512. The van der Waals surface area contributed by atoms with Crippen molar-refractivity contribution in [1.29, 1.82) is 0 Å². The van der Waals surface area contributed by atoms with E-state index in [2.05, 4.69) is 16.6 Å². The van der Waals surface area contributed by atoms with Crippen molar-refractivity contribution in [3.8, 4) is 0 Å². The molecule has 0 atom stereocenters. The monoisotopic (exact) mass is 160 g/mol. The summed E-state index contributed by atoms with van der Waals surface area (Å²) in [7, 11) is 0. The fourth-order valence-electron chi connectivity index (χ4n) is 0.964. The molecule has 0 radical (unpaired) electrons. The van der Waals surface area contributed by atoms with Crippen LogP contribution >= 0.6 is 0 Å². The third-order valence-corrected chi connectivity index (χ3v) is 1.52. The van der Waals surface area contributed by atoms with Crippen LogP contribution in [0, 0.1) is 0 Å². The molecule has 62 valence electrons. The van der Waals surface area contributed by atoms with Gasteiger partial charge in [-0.05, 0) is 6.92 Å². The Morgan fingerprint density at radius 2 is 2.00 bits per heavy atom. The minimum Gasteiger partial charge on any atom is -0.269 e. The Kier molecular flexibility index (Phi) is 3.20. The molecule has 1 aliphatic heterocycles. The summed E-state index contributed by atoms with van der Waals surface area (Å²) in [6.45, 7) is 6.20. The molecule has 12 heavy (non-hydrogen) atoms. The van der Waals surface area contributed by atoms with E-state index in [0.29, 0.717) is 6.67 Å². The normalized spacial score (nSPS) is 17.1. The lowest BCUT2D eigenvalue weighted by atomic mass is 10.1. The van der Waals surface area contributed by atoms with Crippen LogP contribution < -0.4 is 0 Å². The largest absolute Gasteiger partial charge is 0.269 e. The fraction of sp³-hybridized carbons (Fsp3) is 0.200. The average Bonchev–Trinajstić information content (AvgIpc) is 2.30. The molecule has 2 heteroatoms. The summed E-state index contributed by atoms with van der Waals surface area (Å²) in [4.78, 5) is 8.16. The molecule has 0 aromatic carbocycles. The second-order valence-electron chi connectivity index (χ2n) is 2.38. The molecule has 0 unspecified atom stereocenters. The number of allylic oxidation sites excluding steroid dienone is 5. The van der Waals surface area contributed by atoms with Gasteiger partial charge in [0.1, 0.15) is 6.67 Å². The van der Waals surface area contributed by atoms with Gasteiger partial charge in [-0.25, -0.2) is 0 Å². The predicted molar refractivity (Wildman–Crippen MR) is 53.9 cm³/mol. The molecule has 0 amide bonds. The van der Waals surface area contributed by atoms with E-state index in [1.54, 1.807) is 12.3 Å². The van der Waals surface area contributed by atoms with Crippen molar-refractivity contribution in [2.24, 2.45) is 9.98 Å². The van der Waals surface area contributed by atoms with Crippen molar-refractivity contribution in [1.82, 2.24) is 0 Å². The van der Waals surface area contributed by atoms with Crippen molar-refractivity contribution in [2.75, 3.05) is 6.67 Å². The molecule has 0 N–H and O–H groups in total. The van der Waals surface area contributed by atoms with Crippen molar-refractivity contribution in [2.45, 2.75) is 6.92 Å². The third kappa shape index (κ3) is 2.02. The van der Waals surface area contributed by atoms with Crippen LogP contribution in [0.2, 0.25) is 0 Å². The number of aliphatic imine (C=N–C) groups is 2. The van der Waals surface area contributed by atoms with Gasteiger partial charge in [0.25, 0.3) is 0 Å². The third-order valence-electron chi connectivity index (χ3n) is 1.52. The summed E-state index contributed by atoms with van der Waals surface area (Å²) in [6.07, 6.45) is 9.39. The Labute approximate surface area is 72.7 Å². The summed E-state index contributed by atoms with van der Waals surface area (Å²) < 4.78 is 0. The van der Waals surface area contributed by atoms with Crippen molar-refractivity contribution >= 4 is 12.4 Å². The second kappa shape index (κ2) is 4.44. The summed E-state index contributed by atoms with van der Waals surface area (Å²) in [5, 5.41) is 0. The molecule has 0 spiro atoms. The highest BCUT2D eigenvalue weighted by Crippen LogP contribution is 2.05. The van der Waals surface area contributed by atoms with E-state index < -0.39 is 0 Å². The first-order chi connectivity index (χ1) is 5.88. The van der Waals surface area contributed by atoms with Gasteiger partial charge in [0.05, 0.1) is 0 Å².